The summed E-state index contributed by atoms with van der Waals surface area (Å²) in [5.74, 6) is -0.304. The molecule has 20 heavy (non-hydrogen) atoms. The molecule has 0 fully saturated rings. The van der Waals surface area contributed by atoms with Gasteiger partial charge in [-0.2, -0.15) is 0 Å². The van der Waals surface area contributed by atoms with E-state index < -0.39 is 0 Å². The molecule has 0 aliphatic heterocycles. The van der Waals surface area contributed by atoms with Crippen LogP contribution in [0.15, 0.2) is 23.8 Å². The van der Waals surface area contributed by atoms with Crippen molar-refractivity contribution in [3.05, 3.63) is 23.8 Å². The van der Waals surface area contributed by atoms with E-state index in [4.69, 9.17) is 9.47 Å². The van der Waals surface area contributed by atoms with Crippen LogP contribution in [0, 0.1) is 0 Å². The molecule has 0 amide bonds. The monoisotopic (exact) mass is 348 g/mol. The number of hydrogen-bond acceptors (Lipinski definition) is 4. The number of hydrogen-bond donors (Lipinski definition) is 0. The van der Waals surface area contributed by atoms with Crippen LogP contribution in [-0.4, -0.2) is 37.9 Å². The molecule has 0 N–H and O–H groups in total. The molecule has 5 heteroatoms. The van der Waals surface area contributed by atoms with Crippen molar-refractivity contribution in [2.45, 2.75) is 39.4 Å². The first-order chi connectivity index (χ1) is 9.63. The average Bonchev–Trinajstić information content (AvgIpc) is 2.46. The Morgan fingerprint density at radius 2 is 2.05 bits per heavy atom. The molecule has 0 bridgehead atoms. The standard InChI is InChI=1S/C15H25BrO4/c1-4-19-15(11-16)20-12-13(2)9-7-5-6-8-10-14(17)18-3/h8-10,15H,4-7,11-12H2,1-3H3/b10-8+,13-9+. The van der Waals surface area contributed by atoms with Crippen molar-refractivity contribution in [1.29, 1.82) is 0 Å². The maximum absolute atomic E-state index is 10.8. The van der Waals surface area contributed by atoms with E-state index >= 15 is 0 Å². The van der Waals surface area contributed by atoms with Gasteiger partial charge in [-0.1, -0.05) is 33.7 Å². The molecule has 116 valence electrons. The van der Waals surface area contributed by atoms with Crippen LogP contribution in [0.4, 0.5) is 0 Å². The first kappa shape index (κ1) is 19.4. The van der Waals surface area contributed by atoms with Gasteiger partial charge in [0.2, 0.25) is 0 Å². The van der Waals surface area contributed by atoms with Gasteiger partial charge < -0.3 is 14.2 Å². The Balaban J connectivity index is 3.74. The van der Waals surface area contributed by atoms with E-state index in [-0.39, 0.29) is 12.3 Å². The smallest absolute Gasteiger partial charge is 0.330 e. The van der Waals surface area contributed by atoms with Gasteiger partial charge in [-0.25, -0.2) is 4.79 Å². The maximum atomic E-state index is 10.8. The summed E-state index contributed by atoms with van der Waals surface area (Å²) in [6.07, 6.45) is 8.09. The summed E-state index contributed by atoms with van der Waals surface area (Å²) >= 11 is 3.35. The molecule has 0 aromatic carbocycles. The van der Waals surface area contributed by atoms with Gasteiger partial charge in [0.1, 0.15) is 0 Å². The number of ether oxygens (including phenoxy) is 3. The number of halogens is 1. The third-order valence-electron chi connectivity index (χ3n) is 2.50. The summed E-state index contributed by atoms with van der Waals surface area (Å²) in [6.45, 7) is 5.21. The number of carbonyl (C=O) groups is 1. The lowest BCUT2D eigenvalue weighted by Gasteiger charge is -2.15. The number of esters is 1. The van der Waals surface area contributed by atoms with Crippen LogP contribution in [0.5, 0.6) is 0 Å². The molecule has 0 radical (unpaired) electrons. The molecular formula is C15H25BrO4. The summed E-state index contributed by atoms with van der Waals surface area (Å²) in [6, 6.07) is 0. The Bertz CT molecular complexity index is 313. The quantitative estimate of drug-likeness (QED) is 0.143. The van der Waals surface area contributed by atoms with Crippen molar-refractivity contribution in [3.63, 3.8) is 0 Å². The Morgan fingerprint density at radius 3 is 2.65 bits per heavy atom. The highest BCUT2D eigenvalue weighted by molar-refractivity contribution is 9.09. The summed E-state index contributed by atoms with van der Waals surface area (Å²) in [5, 5.41) is 0.673. The summed E-state index contributed by atoms with van der Waals surface area (Å²) in [5.41, 5.74) is 1.19. The van der Waals surface area contributed by atoms with E-state index in [1.807, 2.05) is 19.9 Å². The van der Waals surface area contributed by atoms with Gasteiger partial charge in [0, 0.05) is 12.7 Å². The highest BCUT2D eigenvalue weighted by Crippen LogP contribution is 2.06. The van der Waals surface area contributed by atoms with Gasteiger partial charge in [-0.15, -0.1) is 0 Å². The Labute approximate surface area is 130 Å². The van der Waals surface area contributed by atoms with Crippen molar-refractivity contribution >= 4 is 21.9 Å². The average molecular weight is 349 g/mol. The van der Waals surface area contributed by atoms with Crippen LogP contribution in [0.2, 0.25) is 0 Å². The molecule has 0 aliphatic rings. The van der Waals surface area contributed by atoms with Crippen molar-refractivity contribution < 1.29 is 19.0 Å². The Hall–Kier alpha value is -0.650. The minimum Gasteiger partial charge on any atom is -0.466 e. The fraction of sp³-hybridized carbons (Fsp3) is 0.667. The summed E-state index contributed by atoms with van der Waals surface area (Å²) < 4.78 is 15.5. The van der Waals surface area contributed by atoms with Crippen molar-refractivity contribution in [1.82, 2.24) is 0 Å². The number of alkyl halides is 1. The molecule has 1 unspecified atom stereocenters. The van der Waals surface area contributed by atoms with Gasteiger partial charge in [-0.05, 0) is 33.1 Å². The zero-order valence-corrected chi connectivity index (χ0v) is 14.1. The van der Waals surface area contributed by atoms with Crippen LogP contribution in [0.1, 0.15) is 33.1 Å². The van der Waals surface area contributed by atoms with E-state index in [1.54, 1.807) is 0 Å². The minimum absolute atomic E-state index is 0.189. The second kappa shape index (κ2) is 13.3. The number of unbranched alkanes of at least 4 members (excludes halogenated alkanes) is 2. The predicted molar refractivity (Wildman–Crippen MR) is 83.9 cm³/mol. The number of allylic oxidation sites excluding steroid dienone is 2. The van der Waals surface area contributed by atoms with Crippen LogP contribution in [0.3, 0.4) is 0 Å². The van der Waals surface area contributed by atoms with Crippen LogP contribution in [0.25, 0.3) is 0 Å². The molecule has 0 saturated heterocycles. The van der Waals surface area contributed by atoms with Gasteiger partial charge in [-0.3, -0.25) is 0 Å². The van der Waals surface area contributed by atoms with E-state index in [2.05, 4.69) is 26.7 Å². The van der Waals surface area contributed by atoms with E-state index in [1.165, 1.54) is 18.8 Å². The molecule has 0 heterocycles. The highest BCUT2D eigenvalue weighted by atomic mass is 79.9. The Morgan fingerprint density at radius 1 is 1.30 bits per heavy atom. The molecule has 0 aromatic rings. The van der Waals surface area contributed by atoms with E-state index in [9.17, 15) is 4.79 Å². The number of carbonyl (C=O) groups excluding carboxylic acids is 1. The van der Waals surface area contributed by atoms with Crippen molar-refractivity contribution in [2.75, 3.05) is 25.7 Å². The Kier molecular flexibility index (Phi) is 12.9. The molecule has 4 nitrogen and oxygen atoms in total. The molecule has 1 atom stereocenters. The normalized spacial score (nSPS) is 13.7. The zero-order valence-electron chi connectivity index (χ0n) is 12.6. The van der Waals surface area contributed by atoms with Gasteiger partial charge in [0.25, 0.3) is 0 Å². The lowest BCUT2D eigenvalue weighted by atomic mass is 10.2. The van der Waals surface area contributed by atoms with Crippen LogP contribution in [-0.2, 0) is 19.0 Å². The second-order valence-corrected chi connectivity index (χ2v) is 4.90. The van der Waals surface area contributed by atoms with Crippen LogP contribution < -0.4 is 0 Å². The molecule has 0 spiro atoms. The lowest BCUT2D eigenvalue weighted by molar-refractivity contribution is -0.134. The molecule has 0 aliphatic carbocycles. The molecule has 0 aromatic heterocycles. The molecule has 0 rings (SSSR count). The topological polar surface area (TPSA) is 44.8 Å². The predicted octanol–water partition coefficient (Wildman–Crippen LogP) is 3.61. The van der Waals surface area contributed by atoms with Gasteiger partial charge >= 0.3 is 5.97 Å². The zero-order chi connectivity index (χ0) is 15.2. The maximum Gasteiger partial charge on any atom is 0.330 e. The van der Waals surface area contributed by atoms with Crippen molar-refractivity contribution in [3.8, 4) is 0 Å². The SMILES string of the molecule is CCOC(CBr)OC/C(C)=C/CCC/C=C/C(=O)OC. The third kappa shape index (κ3) is 11.2. The lowest BCUT2D eigenvalue weighted by Crippen LogP contribution is -2.19. The van der Waals surface area contributed by atoms with E-state index in [0.717, 1.165) is 19.3 Å². The fourth-order valence-electron chi connectivity index (χ4n) is 1.44. The van der Waals surface area contributed by atoms with Gasteiger partial charge in [0.15, 0.2) is 6.29 Å². The summed E-state index contributed by atoms with van der Waals surface area (Å²) in [4.78, 5) is 10.8. The molecule has 0 saturated carbocycles. The third-order valence-corrected chi connectivity index (χ3v) is 3.03. The first-order valence-corrected chi connectivity index (χ1v) is 7.95. The molecular weight excluding hydrogens is 324 g/mol. The largest absolute Gasteiger partial charge is 0.466 e. The second-order valence-electron chi connectivity index (χ2n) is 4.26. The number of rotatable bonds is 11. The minimum atomic E-state index is -0.304. The van der Waals surface area contributed by atoms with E-state index in [0.29, 0.717) is 18.5 Å². The van der Waals surface area contributed by atoms with Crippen molar-refractivity contribution in [2.24, 2.45) is 0 Å². The first-order valence-electron chi connectivity index (χ1n) is 6.83. The number of methoxy groups -OCH3 is 1. The van der Waals surface area contributed by atoms with Crippen LogP contribution >= 0.6 is 15.9 Å². The summed E-state index contributed by atoms with van der Waals surface area (Å²) in [7, 11) is 1.38. The highest BCUT2D eigenvalue weighted by Gasteiger charge is 2.05. The fourth-order valence-corrected chi connectivity index (χ4v) is 1.81. The van der Waals surface area contributed by atoms with Gasteiger partial charge in [0.05, 0.1) is 19.0 Å².